The Hall–Kier alpha value is -2.25. The van der Waals surface area contributed by atoms with Crippen LogP contribution < -0.4 is 4.74 Å². The number of para-hydroxylation sites is 2. The van der Waals surface area contributed by atoms with Crippen molar-refractivity contribution in [3.05, 3.63) is 54.7 Å². The Balaban J connectivity index is 0.00000128. The predicted molar refractivity (Wildman–Crippen MR) is 124 cm³/mol. The number of nitrogens with zero attached hydrogens (tertiary/aromatic N) is 4. The number of methoxy groups -OCH3 is 1. The smallest absolute Gasteiger partial charge is 0.215 e. The first kappa shape index (κ1) is 22.4. The summed E-state index contributed by atoms with van der Waals surface area (Å²) < 4.78 is 15.3. The molecule has 2 aromatic carbocycles. The SMILES string of the molecule is COc1ccc(-c2cn3c4ccccc4n(CCN4CCOCC4)c3n2)cc1.Cl.Cl. The molecular formula is C22H26Cl2N4O2. The van der Waals surface area contributed by atoms with Crippen molar-refractivity contribution >= 4 is 41.6 Å². The molecular weight excluding hydrogens is 423 g/mol. The van der Waals surface area contributed by atoms with Gasteiger partial charge in [-0.05, 0) is 36.4 Å². The molecule has 0 radical (unpaired) electrons. The minimum absolute atomic E-state index is 0. The zero-order chi connectivity index (χ0) is 18.9. The summed E-state index contributed by atoms with van der Waals surface area (Å²) in [4.78, 5) is 7.44. The number of rotatable bonds is 5. The first-order chi connectivity index (χ1) is 13.8. The lowest BCUT2D eigenvalue weighted by molar-refractivity contribution is 0.0366. The third-order valence-electron chi connectivity index (χ3n) is 5.49. The standard InChI is InChI=1S/C22H24N4O2.2ClH/c1-27-18-8-6-17(7-9-18)19-16-26-21-5-3-2-4-20(21)25(22(26)23-19)11-10-24-12-14-28-15-13-24;;/h2-9,16H,10-15H2,1H3;2*1H. The van der Waals surface area contributed by atoms with Gasteiger partial charge in [0.05, 0.1) is 37.1 Å². The summed E-state index contributed by atoms with van der Waals surface area (Å²) in [7, 11) is 1.68. The Morgan fingerprint density at radius 1 is 0.933 bits per heavy atom. The van der Waals surface area contributed by atoms with Crippen LogP contribution in [0.4, 0.5) is 0 Å². The normalized spacial score (nSPS) is 14.4. The molecule has 6 nitrogen and oxygen atoms in total. The van der Waals surface area contributed by atoms with Crippen molar-refractivity contribution in [2.24, 2.45) is 0 Å². The highest BCUT2D eigenvalue weighted by atomic mass is 35.5. The van der Waals surface area contributed by atoms with Crippen molar-refractivity contribution < 1.29 is 9.47 Å². The van der Waals surface area contributed by atoms with Gasteiger partial charge in [0.2, 0.25) is 5.78 Å². The van der Waals surface area contributed by atoms with Crippen LogP contribution in [0.3, 0.4) is 0 Å². The fourth-order valence-corrected chi connectivity index (χ4v) is 3.93. The largest absolute Gasteiger partial charge is 0.497 e. The zero-order valence-corrected chi connectivity index (χ0v) is 18.5. The van der Waals surface area contributed by atoms with Crippen LogP contribution in [0.25, 0.3) is 28.1 Å². The zero-order valence-electron chi connectivity index (χ0n) is 16.9. The number of imidazole rings is 2. The number of aromatic nitrogens is 3. The molecule has 1 aliphatic rings. The molecule has 4 aromatic rings. The van der Waals surface area contributed by atoms with E-state index in [4.69, 9.17) is 14.5 Å². The van der Waals surface area contributed by atoms with E-state index in [1.807, 2.05) is 12.1 Å². The van der Waals surface area contributed by atoms with Crippen molar-refractivity contribution in [1.29, 1.82) is 0 Å². The molecule has 8 heteroatoms. The summed E-state index contributed by atoms with van der Waals surface area (Å²) in [6.07, 6.45) is 2.13. The monoisotopic (exact) mass is 448 g/mol. The first-order valence-corrected chi connectivity index (χ1v) is 9.74. The summed E-state index contributed by atoms with van der Waals surface area (Å²) in [5, 5.41) is 0. The molecule has 0 spiro atoms. The maximum atomic E-state index is 5.47. The molecule has 1 aliphatic heterocycles. The van der Waals surface area contributed by atoms with Crippen LogP contribution >= 0.6 is 24.8 Å². The Labute approximate surface area is 188 Å². The molecule has 0 unspecified atom stereocenters. The highest BCUT2D eigenvalue weighted by molar-refractivity contribution is 5.85. The van der Waals surface area contributed by atoms with Gasteiger partial charge >= 0.3 is 0 Å². The van der Waals surface area contributed by atoms with E-state index in [2.05, 4.69) is 56.5 Å². The van der Waals surface area contributed by atoms with Crippen LogP contribution in [-0.2, 0) is 11.3 Å². The third kappa shape index (κ3) is 4.14. The van der Waals surface area contributed by atoms with Gasteiger partial charge in [-0.25, -0.2) is 4.98 Å². The van der Waals surface area contributed by atoms with Crippen LogP contribution in [0.15, 0.2) is 54.7 Å². The number of fused-ring (bicyclic) bond motifs is 3. The molecule has 0 aliphatic carbocycles. The number of morpholine rings is 1. The van der Waals surface area contributed by atoms with Crippen molar-refractivity contribution in [2.45, 2.75) is 6.54 Å². The summed E-state index contributed by atoms with van der Waals surface area (Å²) >= 11 is 0. The van der Waals surface area contributed by atoms with E-state index < -0.39 is 0 Å². The number of hydrogen-bond donors (Lipinski definition) is 0. The summed E-state index contributed by atoms with van der Waals surface area (Å²) in [6, 6.07) is 16.6. The summed E-state index contributed by atoms with van der Waals surface area (Å²) in [6.45, 7) is 5.57. The Morgan fingerprint density at radius 3 is 2.33 bits per heavy atom. The second kappa shape index (κ2) is 9.71. The summed E-state index contributed by atoms with van der Waals surface area (Å²) in [5.41, 5.74) is 4.48. The second-order valence-corrected chi connectivity index (χ2v) is 7.12. The Kier molecular flexibility index (Phi) is 7.26. The van der Waals surface area contributed by atoms with Gasteiger partial charge in [-0.15, -0.1) is 24.8 Å². The second-order valence-electron chi connectivity index (χ2n) is 7.12. The van der Waals surface area contributed by atoms with E-state index in [-0.39, 0.29) is 24.8 Å². The van der Waals surface area contributed by atoms with E-state index in [9.17, 15) is 0 Å². The number of benzene rings is 2. The highest BCUT2D eigenvalue weighted by Crippen LogP contribution is 2.26. The predicted octanol–water partition coefficient (Wildman–Crippen LogP) is 4.14. The van der Waals surface area contributed by atoms with E-state index in [0.717, 1.165) is 62.2 Å². The van der Waals surface area contributed by atoms with E-state index >= 15 is 0 Å². The van der Waals surface area contributed by atoms with Gasteiger partial charge in [0.15, 0.2) is 0 Å². The maximum absolute atomic E-state index is 5.47. The summed E-state index contributed by atoms with van der Waals surface area (Å²) in [5.74, 6) is 1.84. The lowest BCUT2D eigenvalue weighted by Crippen LogP contribution is -2.38. The lowest BCUT2D eigenvalue weighted by atomic mass is 10.2. The molecule has 0 saturated carbocycles. The Bertz CT molecular complexity index is 1100. The van der Waals surface area contributed by atoms with Gasteiger partial charge < -0.3 is 14.0 Å². The molecule has 160 valence electrons. The number of ether oxygens (including phenoxy) is 2. The quantitative estimate of drug-likeness (QED) is 0.460. The number of halogens is 2. The van der Waals surface area contributed by atoms with Crippen molar-refractivity contribution in [3.8, 4) is 17.0 Å². The van der Waals surface area contributed by atoms with Crippen molar-refractivity contribution in [1.82, 2.24) is 18.9 Å². The van der Waals surface area contributed by atoms with Gasteiger partial charge in [0.1, 0.15) is 5.75 Å². The fraction of sp³-hybridized carbons (Fsp3) is 0.318. The molecule has 0 bridgehead atoms. The molecule has 2 aromatic heterocycles. The Morgan fingerprint density at radius 2 is 1.63 bits per heavy atom. The molecule has 5 rings (SSSR count). The van der Waals surface area contributed by atoms with E-state index in [0.29, 0.717) is 0 Å². The first-order valence-electron chi connectivity index (χ1n) is 9.74. The van der Waals surface area contributed by atoms with Gasteiger partial charge in [-0.3, -0.25) is 9.30 Å². The molecule has 0 amide bonds. The van der Waals surface area contributed by atoms with Crippen molar-refractivity contribution in [2.75, 3.05) is 40.0 Å². The third-order valence-corrected chi connectivity index (χ3v) is 5.49. The van der Waals surface area contributed by atoms with Crippen molar-refractivity contribution in [3.63, 3.8) is 0 Å². The van der Waals surface area contributed by atoms with Crippen LogP contribution in [0.2, 0.25) is 0 Å². The van der Waals surface area contributed by atoms with E-state index in [1.165, 1.54) is 11.0 Å². The average Bonchev–Trinajstić information content (AvgIpc) is 3.31. The maximum Gasteiger partial charge on any atom is 0.215 e. The van der Waals surface area contributed by atoms with Gasteiger partial charge in [0.25, 0.3) is 0 Å². The molecule has 1 fully saturated rings. The van der Waals surface area contributed by atoms with Crippen LogP contribution in [0.1, 0.15) is 0 Å². The minimum atomic E-state index is 0. The average molecular weight is 449 g/mol. The number of hydrogen-bond acceptors (Lipinski definition) is 4. The molecule has 30 heavy (non-hydrogen) atoms. The van der Waals surface area contributed by atoms with Crippen LogP contribution in [-0.4, -0.2) is 58.8 Å². The van der Waals surface area contributed by atoms with Gasteiger partial charge in [-0.2, -0.15) is 0 Å². The topological polar surface area (TPSA) is 43.9 Å². The molecule has 3 heterocycles. The van der Waals surface area contributed by atoms with Gasteiger partial charge in [-0.1, -0.05) is 12.1 Å². The fourth-order valence-electron chi connectivity index (χ4n) is 3.93. The molecule has 1 saturated heterocycles. The van der Waals surface area contributed by atoms with Gasteiger partial charge in [0, 0.05) is 37.9 Å². The molecule has 0 atom stereocenters. The van der Waals surface area contributed by atoms with E-state index in [1.54, 1.807) is 7.11 Å². The van der Waals surface area contributed by atoms with Crippen LogP contribution in [0.5, 0.6) is 5.75 Å². The van der Waals surface area contributed by atoms with Crippen LogP contribution in [0, 0.1) is 0 Å². The molecule has 0 N–H and O–H groups in total. The lowest BCUT2D eigenvalue weighted by Gasteiger charge is -2.26. The minimum Gasteiger partial charge on any atom is -0.497 e. The highest BCUT2D eigenvalue weighted by Gasteiger charge is 2.16.